The molecule has 1 saturated carbocycles. The van der Waals surface area contributed by atoms with Crippen LogP contribution in [0.4, 0.5) is 4.79 Å². The molecule has 0 aromatic carbocycles. The van der Waals surface area contributed by atoms with Gasteiger partial charge in [0.25, 0.3) is 0 Å². The summed E-state index contributed by atoms with van der Waals surface area (Å²) in [5, 5.41) is 0. The molecule has 1 spiro atoms. The Morgan fingerprint density at radius 3 is 2.26 bits per heavy atom. The molecule has 156 valence electrons. The number of piperazine rings is 1. The number of piperidine rings is 1. The van der Waals surface area contributed by atoms with E-state index in [0.29, 0.717) is 6.04 Å². The van der Waals surface area contributed by atoms with Crippen LogP contribution in [0.2, 0.25) is 0 Å². The Kier molecular flexibility index (Phi) is 5.85. The second kappa shape index (κ2) is 7.55. The van der Waals surface area contributed by atoms with Crippen LogP contribution >= 0.6 is 0 Å². The van der Waals surface area contributed by atoms with Crippen molar-refractivity contribution in [2.45, 2.75) is 78.4 Å². The highest BCUT2D eigenvalue weighted by Gasteiger charge is 2.56. The molecule has 3 fully saturated rings. The van der Waals surface area contributed by atoms with Crippen molar-refractivity contribution in [2.24, 2.45) is 11.3 Å². The Balaban J connectivity index is 1.82. The zero-order valence-corrected chi connectivity index (χ0v) is 18.8. The quantitative estimate of drug-likeness (QED) is 0.751. The van der Waals surface area contributed by atoms with E-state index < -0.39 is 0 Å². The van der Waals surface area contributed by atoms with Crippen LogP contribution in [0.15, 0.2) is 0 Å². The van der Waals surface area contributed by atoms with Crippen molar-refractivity contribution >= 4 is 6.03 Å². The molecule has 5 heteroatoms. The van der Waals surface area contributed by atoms with Crippen molar-refractivity contribution in [2.75, 3.05) is 46.3 Å². The zero-order valence-electron chi connectivity index (χ0n) is 18.8. The smallest absolute Gasteiger partial charge is 0.319 e. The molecule has 3 aliphatic rings. The fourth-order valence-corrected chi connectivity index (χ4v) is 5.15. The van der Waals surface area contributed by atoms with Gasteiger partial charge >= 0.3 is 6.03 Å². The lowest BCUT2D eigenvalue weighted by Gasteiger charge is -2.62. The van der Waals surface area contributed by atoms with E-state index in [-0.39, 0.29) is 23.0 Å². The van der Waals surface area contributed by atoms with Gasteiger partial charge in [0.15, 0.2) is 0 Å². The summed E-state index contributed by atoms with van der Waals surface area (Å²) in [7, 11) is 1.94. The van der Waals surface area contributed by atoms with E-state index in [9.17, 15) is 4.79 Å². The number of nitrogens with zero attached hydrogens (tertiary/aromatic N) is 4. The van der Waals surface area contributed by atoms with E-state index >= 15 is 0 Å². The van der Waals surface area contributed by atoms with Crippen LogP contribution in [0, 0.1) is 11.3 Å². The molecule has 2 amide bonds. The predicted molar refractivity (Wildman–Crippen MR) is 112 cm³/mol. The number of hydrogen-bond donors (Lipinski definition) is 0. The minimum absolute atomic E-state index is 0.0845. The molecule has 0 aromatic heterocycles. The lowest BCUT2D eigenvalue weighted by Crippen LogP contribution is -2.74. The van der Waals surface area contributed by atoms with E-state index in [0.717, 1.165) is 32.0 Å². The molecule has 2 aliphatic heterocycles. The highest BCUT2D eigenvalue weighted by molar-refractivity contribution is 5.74. The molecule has 0 bridgehead atoms. The van der Waals surface area contributed by atoms with Crippen LogP contribution in [-0.4, -0.2) is 89.6 Å². The number of rotatable bonds is 4. The van der Waals surface area contributed by atoms with Gasteiger partial charge in [0.2, 0.25) is 0 Å². The summed E-state index contributed by atoms with van der Waals surface area (Å²) in [4.78, 5) is 22.5. The molecule has 3 rings (SSSR count). The van der Waals surface area contributed by atoms with Crippen molar-refractivity contribution in [3.05, 3.63) is 0 Å². The summed E-state index contributed by atoms with van der Waals surface area (Å²) >= 11 is 0. The van der Waals surface area contributed by atoms with Gasteiger partial charge in [-0.2, -0.15) is 0 Å². The van der Waals surface area contributed by atoms with Gasteiger partial charge < -0.3 is 9.80 Å². The van der Waals surface area contributed by atoms with E-state index in [1.807, 2.05) is 11.9 Å². The standard InChI is InChI=1S/C22H42N4O/c1-17(2)23(7)20(27)25-11-10-22(21(5,6)15-25)16-24(18(3)4)12-13-26(22)14-19-8-9-19/h17-19H,8-16H2,1-7H3. The predicted octanol–water partition coefficient (Wildman–Crippen LogP) is 3.35. The maximum absolute atomic E-state index is 13.0. The molecule has 1 atom stereocenters. The maximum atomic E-state index is 13.0. The molecule has 27 heavy (non-hydrogen) atoms. The van der Waals surface area contributed by atoms with E-state index in [1.165, 1.54) is 32.5 Å². The fourth-order valence-electron chi connectivity index (χ4n) is 5.15. The van der Waals surface area contributed by atoms with Gasteiger partial charge in [-0.3, -0.25) is 9.80 Å². The van der Waals surface area contributed by atoms with Crippen LogP contribution < -0.4 is 0 Å². The van der Waals surface area contributed by atoms with Crippen molar-refractivity contribution < 1.29 is 4.79 Å². The normalized spacial score (nSPS) is 29.7. The Morgan fingerprint density at radius 1 is 1.07 bits per heavy atom. The van der Waals surface area contributed by atoms with Crippen molar-refractivity contribution in [1.29, 1.82) is 0 Å². The minimum atomic E-state index is 0.0845. The average molecular weight is 379 g/mol. The first-order valence-corrected chi connectivity index (χ1v) is 11.1. The lowest BCUT2D eigenvalue weighted by atomic mass is 9.65. The highest BCUT2D eigenvalue weighted by Crippen LogP contribution is 2.47. The maximum Gasteiger partial charge on any atom is 0.319 e. The third kappa shape index (κ3) is 4.00. The first-order valence-electron chi connectivity index (χ1n) is 11.1. The lowest BCUT2D eigenvalue weighted by molar-refractivity contribution is -0.119. The van der Waals surface area contributed by atoms with Crippen molar-refractivity contribution in [3.63, 3.8) is 0 Å². The summed E-state index contributed by atoms with van der Waals surface area (Å²) in [6.07, 6.45) is 3.91. The Hall–Kier alpha value is -0.810. The summed E-state index contributed by atoms with van der Waals surface area (Å²) < 4.78 is 0. The molecular weight excluding hydrogens is 336 g/mol. The summed E-state index contributed by atoms with van der Waals surface area (Å²) in [6.45, 7) is 20.2. The fraction of sp³-hybridized carbons (Fsp3) is 0.955. The van der Waals surface area contributed by atoms with Crippen molar-refractivity contribution in [1.82, 2.24) is 19.6 Å². The SMILES string of the molecule is CC(C)N1CCN(CC2CC2)C2(CCN(C(=O)N(C)C(C)C)CC2(C)C)C1. The first kappa shape index (κ1) is 20.9. The number of carbonyl (C=O) groups excluding carboxylic acids is 1. The molecule has 0 radical (unpaired) electrons. The number of likely N-dealkylation sites (tertiary alicyclic amines) is 1. The van der Waals surface area contributed by atoms with E-state index in [4.69, 9.17) is 0 Å². The van der Waals surface area contributed by atoms with Gasteiger partial charge in [0, 0.05) is 69.4 Å². The van der Waals surface area contributed by atoms with E-state index in [2.05, 4.69) is 56.2 Å². The molecule has 5 nitrogen and oxygen atoms in total. The Morgan fingerprint density at radius 2 is 1.74 bits per heavy atom. The van der Waals surface area contributed by atoms with Crippen LogP contribution in [-0.2, 0) is 0 Å². The number of amides is 2. The van der Waals surface area contributed by atoms with Crippen LogP contribution in [0.1, 0.15) is 60.8 Å². The van der Waals surface area contributed by atoms with Gasteiger partial charge in [-0.05, 0) is 52.9 Å². The summed E-state index contributed by atoms with van der Waals surface area (Å²) in [5.74, 6) is 0.912. The van der Waals surface area contributed by atoms with Gasteiger partial charge in [-0.15, -0.1) is 0 Å². The Bertz CT molecular complexity index is 542. The molecule has 0 aromatic rings. The van der Waals surface area contributed by atoms with Gasteiger partial charge in [-0.1, -0.05) is 13.8 Å². The molecule has 0 N–H and O–H groups in total. The third-order valence-electron chi connectivity index (χ3n) is 7.62. The number of carbonyl (C=O) groups is 1. The summed E-state index contributed by atoms with van der Waals surface area (Å²) in [5.41, 5.74) is 0.270. The molecular formula is C22H42N4O. The van der Waals surface area contributed by atoms with Gasteiger partial charge in [0.1, 0.15) is 0 Å². The average Bonchev–Trinajstić information content (AvgIpc) is 3.41. The summed E-state index contributed by atoms with van der Waals surface area (Å²) in [6, 6.07) is 1.03. The van der Waals surface area contributed by atoms with E-state index in [1.54, 1.807) is 0 Å². The van der Waals surface area contributed by atoms with Crippen LogP contribution in [0.3, 0.4) is 0 Å². The number of urea groups is 1. The molecule has 2 heterocycles. The third-order valence-corrected chi connectivity index (χ3v) is 7.62. The number of hydrogen-bond acceptors (Lipinski definition) is 3. The molecule has 1 aliphatic carbocycles. The van der Waals surface area contributed by atoms with Gasteiger partial charge in [0.05, 0.1) is 0 Å². The monoisotopic (exact) mass is 378 g/mol. The van der Waals surface area contributed by atoms with Crippen LogP contribution in [0.25, 0.3) is 0 Å². The topological polar surface area (TPSA) is 30.0 Å². The second-order valence-electron chi connectivity index (χ2n) is 10.5. The Labute approximate surface area is 167 Å². The first-order chi connectivity index (χ1) is 12.6. The second-order valence-corrected chi connectivity index (χ2v) is 10.5. The minimum Gasteiger partial charge on any atom is -0.325 e. The van der Waals surface area contributed by atoms with Crippen LogP contribution in [0.5, 0.6) is 0 Å². The van der Waals surface area contributed by atoms with Crippen molar-refractivity contribution in [3.8, 4) is 0 Å². The van der Waals surface area contributed by atoms with Gasteiger partial charge in [-0.25, -0.2) is 4.79 Å². The highest BCUT2D eigenvalue weighted by atomic mass is 16.2. The molecule has 2 saturated heterocycles. The zero-order chi connectivity index (χ0) is 20.0. The largest absolute Gasteiger partial charge is 0.325 e. The molecule has 1 unspecified atom stereocenters.